The highest BCUT2D eigenvalue weighted by Crippen LogP contribution is 2.22. The van der Waals surface area contributed by atoms with Crippen LogP contribution in [0.25, 0.3) is 0 Å². The first-order valence-corrected chi connectivity index (χ1v) is 10.4. The van der Waals surface area contributed by atoms with Gasteiger partial charge in [0.1, 0.15) is 5.75 Å². The lowest BCUT2D eigenvalue weighted by Gasteiger charge is -2.12. The van der Waals surface area contributed by atoms with E-state index in [9.17, 15) is 13.2 Å². The summed E-state index contributed by atoms with van der Waals surface area (Å²) in [5.41, 5.74) is 0.556. The second kappa shape index (κ2) is 9.07. The fourth-order valence-electron chi connectivity index (χ4n) is 2.07. The van der Waals surface area contributed by atoms with Gasteiger partial charge in [-0.05, 0) is 55.5 Å². The summed E-state index contributed by atoms with van der Waals surface area (Å²) in [6.07, 6.45) is 0. The van der Waals surface area contributed by atoms with Crippen LogP contribution in [0.2, 0.25) is 0 Å². The van der Waals surface area contributed by atoms with Gasteiger partial charge in [0.15, 0.2) is 0 Å². The summed E-state index contributed by atoms with van der Waals surface area (Å²) in [7, 11) is -0.519. The normalized spacial score (nSPS) is 11.4. The van der Waals surface area contributed by atoms with E-state index >= 15 is 0 Å². The molecule has 140 valence electrons. The number of anilines is 1. The third-order valence-electron chi connectivity index (χ3n) is 3.42. The highest BCUT2D eigenvalue weighted by atomic mass is 32.2. The SMILES string of the molecule is CCOc1ccc(SCC(=O)Nc2ccc(S(=O)(=O)N(C)C)cc2)cc1. The number of benzene rings is 2. The molecule has 8 heteroatoms. The Morgan fingerprint density at radius 2 is 1.69 bits per heavy atom. The third-order valence-corrected chi connectivity index (χ3v) is 6.26. The summed E-state index contributed by atoms with van der Waals surface area (Å²) in [6.45, 7) is 2.54. The predicted molar refractivity (Wildman–Crippen MR) is 104 cm³/mol. The Bertz CT molecular complexity index is 832. The topological polar surface area (TPSA) is 75.7 Å². The number of carbonyl (C=O) groups is 1. The Kier molecular flexibility index (Phi) is 7.07. The molecule has 26 heavy (non-hydrogen) atoms. The smallest absolute Gasteiger partial charge is 0.242 e. The first kappa shape index (κ1) is 20.3. The predicted octanol–water partition coefficient (Wildman–Crippen LogP) is 3.07. The van der Waals surface area contributed by atoms with Gasteiger partial charge >= 0.3 is 0 Å². The fourth-order valence-corrected chi connectivity index (χ4v) is 3.67. The Balaban J connectivity index is 1.89. The minimum Gasteiger partial charge on any atom is -0.494 e. The Hall–Kier alpha value is -2.03. The van der Waals surface area contributed by atoms with Crippen molar-refractivity contribution in [2.45, 2.75) is 16.7 Å². The zero-order valence-electron chi connectivity index (χ0n) is 14.9. The van der Waals surface area contributed by atoms with Crippen LogP contribution in [0.15, 0.2) is 58.3 Å². The Labute approximate surface area is 158 Å². The van der Waals surface area contributed by atoms with Crippen LogP contribution in [0.1, 0.15) is 6.92 Å². The van der Waals surface area contributed by atoms with Gasteiger partial charge in [0, 0.05) is 24.7 Å². The van der Waals surface area contributed by atoms with E-state index in [2.05, 4.69) is 5.32 Å². The van der Waals surface area contributed by atoms with Gasteiger partial charge in [-0.25, -0.2) is 12.7 Å². The maximum Gasteiger partial charge on any atom is 0.242 e. The largest absolute Gasteiger partial charge is 0.494 e. The van der Waals surface area contributed by atoms with Crippen LogP contribution in [-0.2, 0) is 14.8 Å². The molecule has 0 radical (unpaired) electrons. The standard InChI is InChI=1S/C18H22N2O4S2/c1-4-24-15-7-9-16(10-8-15)25-13-18(21)19-14-5-11-17(12-6-14)26(22,23)20(2)3/h5-12H,4,13H2,1-3H3,(H,19,21). The van der Waals surface area contributed by atoms with Crippen LogP contribution < -0.4 is 10.1 Å². The molecule has 0 aromatic heterocycles. The molecular weight excluding hydrogens is 372 g/mol. The van der Waals surface area contributed by atoms with Crippen LogP contribution in [0.3, 0.4) is 0 Å². The third kappa shape index (κ3) is 5.48. The van der Waals surface area contributed by atoms with Gasteiger partial charge in [-0.3, -0.25) is 4.79 Å². The van der Waals surface area contributed by atoms with E-state index in [1.165, 1.54) is 38.0 Å². The minimum absolute atomic E-state index is 0.160. The van der Waals surface area contributed by atoms with E-state index in [1.54, 1.807) is 12.1 Å². The van der Waals surface area contributed by atoms with Crippen molar-refractivity contribution in [3.63, 3.8) is 0 Å². The van der Waals surface area contributed by atoms with Crippen molar-refractivity contribution in [3.05, 3.63) is 48.5 Å². The van der Waals surface area contributed by atoms with Crippen molar-refractivity contribution < 1.29 is 17.9 Å². The highest BCUT2D eigenvalue weighted by molar-refractivity contribution is 8.00. The molecule has 2 rings (SSSR count). The van der Waals surface area contributed by atoms with Gasteiger partial charge in [0.25, 0.3) is 0 Å². The lowest BCUT2D eigenvalue weighted by atomic mass is 10.3. The molecule has 1 amide bonds. The first-order valence-electron chi connectivity index (χ1n) is 8.01. The molecule has 0 saturated carbocycles. The van der Waals surface area contributed by atoms with Crippen molar-refractivity contribution in [2.24, 2.45) is 0 Å². The second-order valence-corrected chi connectivity index (χ2v) is 8.75. The summed E-state index contributed by atoms with van der Waals surface area (Å²) in [5.74, 6) is 0.896. The second-order valence-electron chi connectivity index (χ2n) is 5.55. The molecule has 0 aliphatic heterocycles. The van der Waals surface area contributed by atoms with E-state index < -0.39 is 10.0 Å². The molecule has 2 aromatic rings. The molecule has 2 aromatic carbocycles. The van der Waals surface area contributed by atoms with Crippen molar-refractivity contribution >= 4 is 33.4 Å². The molecular formula is C18H22N2O4S2. The Morgan fingerprint density at radius 1 is 1.08 bits per heavy atom. The molecule has 0 aliphatic carbocycles. The monoisotopic (exact) mass is 394 g/mol. The van der Waals surface area contributed by atoms with E-state index in [-0.39, 0.29) is 16.6 Å². The number of hydrogen-bond acceptors (Lipinski definition) is 5. The van der Waals surface area contributed by atoms with Gasteiger partial charge in [0.05, 0.1) is 17.3 Å². The number of carbonyl (C=O) groups excluding carboxylic acids is 1. The first-order chi connectivity index (χ1) is 12.3. The maximum atomic E-state index is 12.1. The molecule has 6 nitrogen and oxygen atoms in total. The molecule has 0 heterocycles. The van der Waals surface area contributed by atoms with Gasteiger partial charge in [-0.1, -0.05) is 0 Å². The fraction of sp³-hybridized carbons (Fsp3) is 0.278. The van der Waals surface area contributed by atoms with Crippen LogP contribution in [0.5, 0.6) is 5.75 Å². The summed E-state index contributed by atoms with van der Waals surface area (Å²) < 4.78 is 30.6. The van der Waals surface area contributed by atoms with E-state index in [1.807, 2.05) is 31.2 Å². The van der Waals surface area contributed by atoms with E-state index in [0.717, 1.165) is 15.0 Å². The summed E-state index contributed by atoms with van der Waals surface area (Å²) in [6, 6.07) is 13.7. The quantitative estimate of drug-likeness (QED) is 0.697. The van der Waals surface area contributed by atoms with Crippen LogP contribution in [0, 0.1) is 0 Å². The molecule has 0 aliphatic rings. The summed E-state index contributed by atoms with van der Waals surface area (Å²) in [4.78, 5) is 13.2. The molecule has 0 saturated heterocycles. The average Bonchev–Trinajstić information content (AvgIpc) is 2.62. The number of nitrogens with one attached hydrogen (secondary N) is 1. The zero-order chi connectivity index (χ0) is 19.2. The van der Waals surface area contributed by atoms with E-state index in [4.69, 9.17) is 4.74 Å². The zero-order valence-corrected chi connectivity index (χ0v) is 16.6. The van der Waals surface area contributed by atoms with Gasteiger partial charge < -0.3 is 10.1 Å². The van der Waals surface area contributed by atoms with Crippen molar-refractivity contribution in [2.75, 3.05) is 31.8 Å². The molecule has 1 N–H and O–H groups in total. The number of thioether (sulfide) groups is 1. The number of rotatable bonds is 8. The van der Waals surface area contributed by atoms with E-state index in [0.29, 0.717) is 12.3 Å². The van der Waals surface area contributed by atoms with Gasteiger partial charge in [-0.15, -0.1) is 11.8 Å². The molecule has 0 spiro atoms. The lowest BCUT2D eigenvalue weighted by molar-refractivity contribution is -0.113. The molecule has 0 fully saturated rings. The minimum atomic E-state index is -3.47. The summed E-state index contributed by atoms with van der Waals surface area (Å²) >= 11 is 1.42. The van der Waals surface area contributed by atoms with Crippen LogP contribution in [-0.4, -0.2) is 45.1 Å². The lowest BCUT2D eigenvalue weighted by Crippen LogP contribution is -2.22. The molecule has 0 bridgehead atoms. The van der Waals surface area contributed by atoms with Crippen molar-refractivity contribution in [1.29, 1.82) is 0 Å². The van der Waals surface area contributed by atoms with Crippen molar-refractivity contribution in [3.8, 4) is 5.75 Å². The highest BCUT2D eigenvalue weighted by Gasteiger charge is 2.16. The number of ether oxygens (including phenoxy) is 1. The van der Waals surface area contributed by atoms with Crippen LogP contribution >= 0.6 is 11.8 Å². The summed E-state index contributed by atoms with van der Waals surface area (Å²) in [5, 5.41) is 2.76. The average molecular weight is 395 g/mol. The Morgan fingerprint density at radius 3 is 2.23 bits per heavy atom. The van der Waals surface area contributed by atoms with Crippen molar-refractivity contribution in [1.82, 2.24) is 4.31 Å². The number of amides is 1. The van der Waals surface area contributed by atoms with Gasteiger partial charge in [-0.2, -0.15) is 0 Å². The number of nitrogens with zero attached hydrogens (tertiary/aromatic N) is 1. The number of hydrogen-bond donors (Lipinski definition) is 1. The van der Waals surface area contributed by atoms with Crippen LogP contribution in [0.4, 0.5) is 5.69 Å². The molecule has 0 atom stereocenters. The van der Waals surface area contributed by atoms with Gasteiger partial charge in [0.2, 0.25) is 15.9 Å². The number of sulfonamides is 1. The molecule has 0 unspecified atom stereocenters. The maximum absolute atomic E-state index is 12.1.